The van der Waals surface area contributed by atoms with E-state index >= 15 is 0 Å². The lowest BCUT2D eigenvalue weighted by molar-refractivity contribution is -0.320. The second-order valence-electron chi connectivity index (χ2n) is 5.12. The molecule has 4 unspecified atom stereocenters. The zero-order valence-corrected chi connectivity index (χ0v) is 11.6. The summed E-state index contributed by atoms with van der Waals surface area (Å²) in [6, 6.07) is 0. The summed E-state index contributed by atoms with van der Waals surface area (Å²) in [6.45, 7) is 1.33. The van der Waals surface area contributed by atoms with E-state index in [1.807, 2.05) is 0 Å². The molecule has 0 aromatic heterocycles. The Hall–Kier alpha value is 0.377. The van der Waals surface area contributed by atoms with Gasteiger partial charge in [0.1, 0.15) is 0 Å². The lowest BCUT2D eigenvalue weighted by Crippen LogP contribution is -2.62. The van der Waals surface area contributed by atoms with Gasteiger partial charge in [0.05, 0.1) is 5.04 Å². The molecule has 2 bridgehead atoms. The Morgan fingerprint density at radius 3 is 1.89 bits per heavy atom. The maximum atomic E-state index is 14.2. The van der Waals surface area contributed by atoms with Gasteiger partial charge in [-0.25, -0.2) is 13.2 Å². The molecule has 2 rings (SSSR count). The van der Waals surface area contributed by atoms with Gasteiger partial charge in [-0.3, -0.25) is 0 Å². The van der Waals surface area contributed by atoms with Crippen molar-refractivity contribution in [2.75, 3.05) is 0 Å². The lowest BCUT2D eigenvalue weighted by atomic mass is 9.76. The molecule has 2 aliphatic carbocycles. The molecule has 0 spiro atoms. The quantitative estimate of drug-likeness (QED) is 0.373. The highest BCUT2D eigenvalue weighted by Crippen LogP contribution is 2.78. The van der Waals surface area contributed by atoms with Crippen molar-refractivity contribution in [3.05, 3.63) is 0 Å². The van der Waals surface area contributed by atoms with Crippen molar-refractivity contribution < 1.29 is 26.3 Å². The number of fused-ring (bicyclic) bond motifs is 2. The van der Waals surface area contributed by atoms with Crippen LogP contribution in [0.4, 0.5) is 26.3 Å². The maximum absolute atomic E-state index is 14.2. The smallest absolute Gasteiger partial charge is 0.227 e. The standard InChI is InChI=1S/C9H9Cl2F6Si/c1-4-2-6(18(10)11)3-5(4)7(12,8(6,13)14)9(15,16)17/h4-5H,2-3H2,1H3. The molecule has 4 atom stereocenters. The lowest BCUT2D eigenvalue weighted by Gasteiger charge is -2.45. The summed E-state index contributed by atoms with van der Waals surface area (Å²) in [5, 5.41) is -2.23. The van der Waals surface area contributed by atoms with E-state index in [0.29, 0.717) is 0 Å². The second kappa shape index (κ2) is 3.72. The summed E-state index contributed by atoms with van der Waals surface area (Å²) in [5.74, 6) is -7.15. The first kappa shape index (κ1) is 14.8. The van der Waals surface area contributed by atoms with Crippen molar-refractivity contribution in [3.63, 3.8) is 0 Å². The van der Waals surface area contributed by atoms with Crippen LogP contribution in [0.25, 0.3) is 0 Å². The van der Waals surface area contributed by atoms with E-state index in [2.05, 4.69) is 0 Å². The zero-order valence-electron chi connectivity index (χ0n) is 9.09. The minimum absolute atomic E-state index is 0.256. The molecular weight excluding hydrogens is 321 g/mol. The second-order valence-corrected chi connectivity index (χ2v) is 9.44. The molecule has 9 heteroatoms. The van der Waals surface area contributed by atoms with Crippen molar-refractivity contribution in [3.8, 4) is 0 Å². The zero-order chi connectivity index (χ0) is 14.1. The van der Waals surface area contributed by atoms with Gasteiger partial charge in [0.25, 0.3) is 19.0 Å². The Bertz CT molecular complexity index is 373. The predicted octanol–water partition coefficient (Wildman–Crippen LogP) is 4.66. The first-order valence-electron chi connectivity index (χ1n) is 5.23. The van der Waals surface area contributed by atoms with Gasteiger partial charge in [-0.2, -0.15) is 13.2 Å². The van der Waals surface area contributed by atoms with Gasteiger partial charge in [-0.1, -0.05) is 6.92 Å². The summed E-state index contributed by atoms with van der Waals surface area (Å²) < 4.78 is 80.5. The van der Waals surface area contributed by atoms with Crippen molar-refractivity contribution >= 4 is 29.6 Å². The Labute approximate surface area is 111 Å². The van der Waals surface area contributed by atoms with E-state index in [0.717, 1.165) is 0 Å². The highest BCUT2D eigenvalue weighted by atomic mass is 35.7. The summed E-state index contributed by atoms with van der Waals surface area (Å²) >= 11 is 11.1. The number of hydrogen-bond acceptors (Lipinski definition) is 0. The topological polar surface area (TPSA) is 0 Å². The molecule has 0 aliphatic heterocycles. The Balaban J connectivity index is 2.60. The van der Waals surface area contributed by atoms with Crippen LogP contribution in [0.15, 0.2) is 0 Å². The van der Waals surface area contributed by atoms with Crippen molar-refractivity contribution in [2.24, 2.45) is 11.8 Å². The van der Waals surface area contributed by atoms with Gasteiger partial charge < -0.3 is 0 Å². The molecule has 18 heavy (non-hydrogen) atoms. The van der Waals surface area contributed by atoms with Crippen LogP contribution in [-0.4, -0.2) is 25.2 Å². The van der Waals surface area contributed by atoms with Crippen LogP contribution in [-0.2, 0) is 0 Å². The first-order valence-corrected chi connectivity index (χ1v) is 8.76. The molecule has 0 aromatic carbocycles. The van der Waals surface area contributed by atoms with E-state index < -0.39 is 48.5 Å². The fourth-order valence-corrected chi connectivity index (χ4v) is 6.29. The van der Waals surface area contributed by atoms with Crippen molar-refractivity contribution in [2.45, 2.75) is 42.6 Å². The predicted molar refractivity (Wildman–Crippen MR) is 56.9 cm³/mol. The van der Waals surface area contributed by atoms with Gasteiger partial charge >= 0.3 is 6.18 Å². The molecule has 0 heterocycles. The minimum atomic E-state index is -5.62. The largest absolute Gasteiger partial charge is 0.428 e. The third-order valence-electron chi connectivity index (χ3n) is 4.27. The molecule has 0 amide bonds. The average Bonchev–Trinajstić information content (AvgIpc) is 2.61. The van der Waals surface area contributed by atoms with Gasteiger partial charge in [-0.05, 0) is 18.8 Å². The fraction of sp³-hybridized carbons (Fsp3) is 1.00. The van der Waals surface area contributed by atoms with E-state index in [1.165, 1.54) is 6.92 Å². The van der Waals surface area contributed by atoms with Crippen LogP contribution in [0.5, 0.6) is 0 Å². The molecule has 1 radical (unpaired) electrons. The monoisotopic (exact) mass is 329 g/mol. The highest BCUT2D eigenvalue weighted by Gasteiger charge is 2.89. The Morgan fingerprint density at radius 1 is 1.11 bits per heavy atom. The van der Waals surface area contributed by atoms with Crippen LogP contribution in [0.3, 0.4) is 0 Å². The molecule has 0 aromatic rings. The van der Waals surface area contributed by atoms with Crippen LogP contribution in [0.2, 0.25) is 5.04 Å². The van der Waals surface area contributed by atoms with Gasteiger partial charge in [0.15, 0.2) is 0 Å². The molecule has 0 N–H and O–H groups in total. The van der Waals surface area contributed by atoms with E-state index in [-0.39, 0.29) is 6.42 Å². The summed E-state index contributed by atoms with van der Waals surface area (Å²) in [7, 11) is -2.80. The van der Waals surface area contributed by atoms with Crippen LogP contribution < -0.4 is 0 Å². The third kappa shape index (κ3) is 1.36. The Morgan fingerprint density at radius 2 is 1.61 bits per heavy atom. The molecule has 105 valence electrons. The van der Waals surface area contributed by atoms with Crippen LogP contribution in [0.1, 0.15) is 19.8 Å². The maximum Gasteiger partial charge on any atom is 0.428 e. The highest BCUT2D eigenvalue weighted by molar-refractivity contribution is 7.35. The molecule has 2 aliphatic rings. The minimum Gasteiger partial charge on any atom is -0.227 e. The number of rotatable bonds is 1. The van der Waals surface area contributed by atoms with Crippen molar-refractivity contribution in [1.82, 2.24) is 0 Å². The summed E-state index contributed by atoms with van der Waals surface area (Å²) in [4.78, 5) is 0. The molecule has 0 nitrogen and oxygen atoms in total. The molecular formula is C9H9Cl2F6Si. The number of halogens is 8. The summed E-state index contributed by atoms with van der Waals surface area (Å²) in [5.41, 5.74) is -4.52. The van der Waals surface area contributed by atoms with Crippen molar-refractivity contribution in [1.29, 1.82) is 0 Å². The van der Waals surface area contributed by atoms with Crippen LogP contribution >= 0.6 is 22.2 Å². The molecule has 0 saturated heterocycles. The summed E-state index contributed by atoms with van der Waals surface area (Å²) in [6.07, 6.45) is -6.48. The number of alkyl halides is 6. The Kier molecular flexibility index (Phi) is 3.06. The van der Waals surface area contributed by atoms with E-state index in [9.17, 15) is 26.3 Å². The van der Waals surface area contributed by atoms with E-state index in [4.69, 9.17) is 22.2 Å². The molecule has 2 fully saturated rings. The molecule has 2 saturated carbocycles. The normalized spacial score (nSPS) is 47.0. The fourth-order valence-electron chi connectivity index (χ4n) is 3.38. The van der Waals surface area contributed by atoms with Gasteiger partial charge in [0, 0.05) is 5.92 Å². The third-order valence-corrected chi connectivity index (χ3v) is 7.89. The van der Waals surface area contributed by atoms with E-state index in [1.54, 1.807) is 0 Å². The van der Waals surface area contributed by atoms with Crippen LogP contribution in [0, 0.1) is 11.8 Å². The number of hydrogen-bond donors (Lipinski definition) is 0. The SMILES string of the molecule is CC1CC2([Si](Cl)Cl)CC1C(F)(C(F)(F)F)C2(F)F. The van der Waals surface area contributed by atoms with Gasteiger partial charge in [0.2, 0.25) is 0 Å². The van der Waals surface area contributed by atoms with Gasteiger partial charge in [-0.15, -0.1) is 22.2 Å². The average molecular weight is 330 g/mol. The first-order chi connectivity index (χ1) is 7.92.